The van der Waals surface area contributed by atoms with Crippen molar-refractivity contribution in [3.8, 4) is 0 Å². The van der Waals surface area contributed by atoms with Crippen molar-refractivity contribution in [2.45, 2.75) is 32.1 Å². The molecule has 4 nitrogen and oxygen atoms in total. The first-order chi connectivity index (χ1) is 9.68. The number of likely N-dealkylation sites (tertiary alicyclic amines) is 1. The molecule has 1 saturated heterocycles. The van der Waals surface area contributed by atoms with Gasteiger partial charge in [0.25, 0.3) is 15.0 Å². The Morgan fingerprint density at radius 1 is 1.33 bits per heavy atom. The molecule has 1 heterocycles. The molecule has 1 unspecified atom stereocenters. The number of carbonyl (C=O) groups is 1. The van der Waals surface area contributed by atoms with Crippen LogP contribution in [-0.4, -0.2) is 32.3 Å². The van der Waals surface area contributed by atoms with Crippen LogP contribution in [-0.2, 0) is 9.05 Å². The summed E-state index contributed by atoms with van der Waals surface area (Å²) >= 11 is 0. The molecular weight excluding hydrogens is 310 g/mol. The molecule has 0 aliphatic carbocycles. The van der Waals surface area contributed by atoms with Crippen LogP contribution in [0.1, 0.15) is 36.2 Å². The van der Waals surface area contributed by atoms with E-state index in [9.17, 15) is 13.2 Å². The molecule has 0 radical (unpaired) electrons. The second-order valence-corrected chi connectivity index (χ2v) is 8.58. The number of nitrogens with zero attached hydrogens (tertiary/aromatic N) is 1. The van der Waals surface area contributed by atoms with Gasteiger partial charge in [-0.1, -0.05) is 13.8 Å². The molecule has 1 aliphatic heterocycles. The van der Waals surface area contributed by atoms with E-state index in [0.29, 0.717) is 23.0 Å². The molecule has 21 heavy (non-hydrogen) atoms. The lowest BCUT2D eigenvalue weighted by atomic mass is 9.95. The van der Waals surface area contributed by atoms with Crippen LogP contribution >= 0.6 is 10.7 Å². The van der Waals surface area contributed by atoms with Crippen LogP contribution in [0.25, 0.3) is 0 Å². The fourth-order valence-electron chi connectivity index (χ4n) is 2.71. The van der Waals surface area contributed by atoms with Gasteiger partial charge in [0.05, 0.1) is 4.90 Å². The molecule has 1 fully saturated rings. The van der Waals surface area contributed by atoms with Crippen molar-refractivity contribution in [3.05, 3.63) is 29.3 Å². The van der Waals surface area contributed by atoms with Gasteiger partial charge in [-0.25, -0.2) is 8.42 Å². The molecule has 0 aromatic heterocycles. The lowest BCUT2D eigenvalue weighted by molar-refractivity contribution is 0.0783. The Labute approximate surface area is 130 Å². The summed E-state index contributed by atoms with van der Waals surface area (Å²) in [6.45, 7) is 7.52. The average Bonchev–Trinajstić information content (AvgIpc) is 2.85. The number of rotatable bonds is 3. The van der Waals surface area contributed by atoms with Crippen LogP contribution in [0.2, 0.25) is 0 Å². The number of amides is 1. The third-order valence-electron chi connectivity index (χ3n) is 4.03. The van der Waals surface area contributed by atoms with Crippen LogP contribution in [0.4, 0.5) is 0 Å². The summed E-state index contributed by atoms with van der Waals surface area (Å²) in [7, 11) is 1.55. The topological polar surface area (TPSA) is 54.5 Å². The first-order valence-corrected chi connectivity index (χ1v) is 9.35. The predicted octanol–water partition coefficient (Wildman–Crippen LogP) is 3.04. The molecule has 0 spiro atoms. The molecule has 1 aliphatic rings. The standard InChI is InChI=1S/C15H20ClNO3S/c1-10(2)12-4-5-17(9-12)15(18)13-6-11(3)7-14(8-13)21(16,19)20/h6-8,10,12H,4-5,9H2,1-3H3. The van der Waals surface area contributed by atoms with Gasteiger partial charge in [0.1, 0.15) is 0 Å². The lowest BCUT2D eigenvalue weighted by Crippen LogP contribution is -2.29. The van der Waals surface area contributed by atoms with Crippen molar-refractivity contribution in [2.75, 3.05) is 13.1 Å². The molecule has 1 aromatic rings. The normalized spacial score (nSPS) is 19.3. The largest absolute Gasteiger partial charge is 0.338 e. The highest BCUT2D eigenvalue weighted by Gasteiger charge is 2.29. The van der Waals surface area contributed by atoms with Gasteiger partial charge in [0, 0.05) is 29.3 Å². The number of hydrogen-bond donors (Lipinski definition) is 0. The third kappa shape index (κ3) is 3.77. The van der Waals surface area contributed by atoms with Crippen LogP contribution in [0.3, 0.4) is 0 Å². The van der Waals surface area contributed by atoms with E-state index in [1.165, 1.54) is 12.1 Å². The predicted molar refractivity (Wildman–Crippen MR) is 83.1 cm³/mol. The zero-order valence-electron chi connectivity index (χ0n) is 12.5. The van der Waals surface area contributed by atoms with E-state index in [4.69, 9.17) is 10.7 Å². The molecule has 116 valence electrons. The maximum absolute atomic E-state index is 12.5. The molecular formula is C15H20ClNO3S. The summed E-state index contributed by atoms with van der Waals surface area (Å²) in [6.07, 6.45) is 0.996. The maximum atomic E-state index is 12.5. The van der Waals surface area contributed by atoms with E-state index >= 15 is 0 Å². The van der Waals surface area contributed by atoms with Crippen LogP contribution in [0.5, 0.6) is 0 Å². The summed E-state index contributed by atoms with van der Waals surface area (Å²) in [5.41, 5.74) is 1.10. The molecule has 2 rings (SSSR count). The Kier molecular flexibility index (Phi) is 4.63. The first-order valence-electron chi connectivity index (χ1n) is 7.04. The van der Waals surface area contributed by atoms with Gasteiger partial charge in [-0.2, -0.15) is 0 Å². The lowest BCUT2D eigenvalue weighted by Gasteiger charge is -2.18. The van der Waals surface area contributed by atoms with E-state index in [-0.39, 0.29) is 10.8 Å². The van der Waals surface area contributed by atoms with Gasteiger partial charge >= 0.3 is 0 Å². The highest BCUT2D eigenvalue weighted by Crippen LogP contribution is 2.26. The summed E-state index contributed by atoms with van der Waals surface area (Å²) in [5.74, 6) is 0.928. The fraction of sp³-hybridized carbons (Fsp3) is 0.533. The van der Waals surface area contributed by atoms with Crippen molar-refractivity contribution >= 4 is 25.6 Å². The summed E-state index contributed by atoms with van der Waals surface area (Å²) in [4.78, 5) is 14.3. The van der Waals surface area contributed by atoms with Crippen molar-refractivity contribution < 1.29 is 13.2 Å². The summed E-state index contributed by atoms with van der Waals surface area (Å²) < 4.78 is 22.9. The van der Waals surface area contributed by atoms with E-state index in [1.807, 2.05) is 0 Å². The van der Waals surface area contributed by atoms with Gasteiger partial charge in [0.15, 0.2) is 0 Å². The average molecular weight is 330 g/mol. The molecule has 1 amide bonds. The smallest absolute Gasteiger partial charge is 0.261 e. The van der Waals surface area contributed by atoms with Crippen molar-refractivity contribution in [3.63, 3.8) is 0 Å². The minimum atomic E-state index is -3.83. The van der Waals surface area contributed by atoms with Gasteiger partial charge in [-0.05, 0) is 48.9 Å². The Balaban J connectivity index is 2.26. The van der Waals surface area contributed by atoms with E-state index in [1.54, 1.807) is 17.9 Å². The zero-order chi connectivity index (χ0) is 15.8. The van der Waals surface area contributed by atoms with Gasteiger partial charge in [0.2, 0.25) is 0 Å². The molecule has 1 aromatic carbocycles. The number of hydrogen-bond acceptors (Lipinski definition) is 3. The fourth-order valence-corrected chi connectivity index (χ4v) is 3.57. The summed E-state index contributed by atoms with van der Waals surface area (Å²) in [6, 6.07) is 4.54. The monoisotopic (exact) mass is 329 g/mol. The highest BCUT2D eigenvalue weighted by molar-refractivity contribution is 8.13. The number of benzene rings is 1. The van der Waals surface area contributed by atoms with Crippen molar-refractivity contribution in [1.82, 2.24) is 4.90 Å². The molecule has 0 saturated carbocycles. The SMILES string of the molecule is Cc1cc(C(=O)N2CCC(C(C)C)C2)cc(S(=O)(=O)Cl)c1. The Hall–Kier alpha value is -1.07. The van der Waals surface area contributed by atoms with Gasteiger partial charge in [-0.15, -0.1) is 0 Å². The minimum Gasteiger partial charge on any atom is -0.338 e. The van der Waals surface area contributed by atoms with Crippen LogP contribution in [0.15, 0.2) is 23.1 Å². The van der Waals surface area contributed by atoms with Gasteiger partial charge < -0.3 is 4.90 Å². The van der Waals surface area contributed by atoms with Crippen LogP contribution < -0.4 is 0 Å². The zero-order valence-corrected chi connectivity index (χ0v) is 14.0. The number of aryl methyl sites for hydroxylation is 1. The summed E-state index contributed by atoms with van der Waals surface area (Å²) in [5, 5.41) is 0. The first kappa shape index (κ1) is 16.3. The van der Waals surface area contributed by atoms with Crippen molar-refractivity contribution in [1.29, 1.82) is 0 Å². The number of halogens is 1. The van der Waals surface area contributed by atoms with Gasteiger partial charge in [-0.3, -0.25) is 4.79 Å². The Morgan fingerprint density at radius 2 is 2.00 bits per heavy atom. The molecule has 1 atom stereocenters. The van der Waals surface area contributed by atoms with Crippen molar-refractivity contribution in [2.24, 2.45) is 11.8 Å². The Bertz CT molecular complexity index is 655. The maximum Gasteiger partial charge on any atom is 0.261 e. The molecule has 0 N–H and O–H groups in total. The Morgan fingerprint density at radius 3 is 2.52 bits per heavy atom. The second-order valence-electron chi connectivity index (χ2n) is 6.02. The van der Waals surface area contributed by atoms with Crippen LogP contribution in [0, 0.1) is 18.8 Å². The molecule has 0 bridgehead atoms. The van der Waals surface area contributed by atoms with E-state index in [2.05, 4.69) is 13.8 Å². The second kappa shape index (κ2) is 5.97. The quantitative estimate of drug-likeness (QED) is 0.801. The van der Waals surface area contributed by atoms with E-state index in [0.717, 1.165) is 19.5 Å². The van der Waals surface area contributed by atoms with E-state index < -0.39 is 9.05 Å². The number of carbonyl (C=O) groups excluding carboxylic acids is 1. The third-order valence-corrected chi connectivity index (χ3v) is 5.37. The molecule has 6 heteroatoms. The highest BCUT2D eigenvalue weighted by atomic mass is 35.7. The minimum absolute atomic E-state index is 0.0212.